The maximum absolute atomic E-state index is 11.5. The number of carbonyl (C=O) groups excluding carboxylic acids is 2. The van der Waals surface area contributed by atoms with Gasteiger partial charge < -0.3 is 10.1 Å². The summed E-state index contributed by atoms with van der Waals surface area (Å²) >= 11 is 0. The maximum atomic E-state index is 11.5. The highest BCUT2D eigenvalue weighted by Crippen LogP contribution is 2.17. The molecule has 0 fully saturated rings. The van der Waals surface area contributed by atoms with E-state index >= 15 is 0 Å². The fourth-order valence-electron chi connectivity index (χ4n) is 1.69. The summed E-state index contributed by atoms with van der Waals surface area (Å²) in [6, 6.07) is 0. The third-order valence-corrected chi connectivity index (χ3v) is 2.26. The van der Waals surface area contributed by atoms with E-state index in [-0.39, 0.29) is 29.9 Å². The lowest BCUT2D eigenvalue weighted by Crippen LogP contribution is -2.34. The largest absolute Gasteiger partial charge is 0.461 e. The summed E-state index contributed by atoms with van der Waals surface area (Å²) in [5.41, 5.74) is -0.0705. The van der Waals surface area contributed by atoms with Crippen LogP contribution in [-0.2, 0) is 14.3 Å². The number of hydrogen-bond donors (Lipinski definition) is 1. The van der Waals surface area contributed by atoms with Crippen molar-refractivity contribution in [2.75, 3.05) is 6.54 Å². The number of nitrogens with one attached hydrogen (secondary N) is 1. The number of esters is 1. The normalized spacial score (nSPS) is 13.3. The summed E-state index contributed by atoms with van der Waals surface area (Å²) in [6.07, 6.45) is 1.14. The standard InChI is InChI=1S/C14H27NO3/c1-10(2)7-11(3)18-13(17)9-15-12(16)8-14(4,5)6/h10-11H,7-9H2,1-6H3,(H,15,16)/t11-/m0/s1. The van der Waals surface area contributed by atoms with Crippen molar-refractivity contribution in [3.8, 4) is 0 Å². The first-order valence-corrected chi connectivity index (χ1v) is 6.56. The molecule has 4 nitrogen and oxygen atoms in total. The van der Waals surface area contributed by atoms with Crippen LogP contribution in [0.2, 0.25) is 0 Å². The lowest BCUT2D eigenvalue weighted by Gasteiger charge is -2.18. The second kappa shape index (κ2) is 7.39. The topological polar surface area (TPSA) is 55.4 Å². The molecule has 0 aromatic heterocycles. The van der Waals surface area contributed by atoms with E-state index in [9.17, 15) is 9.59 Å². The van der Waals surface area contributed by atoms with E-state index in [1.807, 2.05) is 27.7 Å². The van der Waals surface area contributed by atoms with E-state index in [1.165, 1.54) is 0 Å². The van der Waals surface area contributed by atoms with E-state index in [1.54, 1.807) is 0 Å². The molecule has 0 saturated carbocycles. The van der Waals surface area contributed by atoms with Crippen LogP contribution in [0.5, 0.6) is 0 Å². The Kier molecular flexibility index (Phi) is 6.96. The van der Waals surface area contributed by atoms with Gasteiger partial charge in [0.2, 0.25) is 5.91 Å². The van der Waals surface area contributed by atoms with Crippen LogP contribution < -0.4 is 5.32 Å². The van der Waals surface area contributed by atoms with E-state index < -0.39 is 0 Å². The molecular formula is C14H27NO3. The third kappa shape index (κ3) is 10.1. The quantitative estimate of drug-likeness (QED) is 0.744. The zero-order valence-electron chi connectivity index (χ0n) is 12.5. The Morgan fingerprint density at radius 1 is 1.17 bits per heavy atom. The average Bonchev–Trinajstić information content (AvgIpc) is 2.10. The van der Waals surface area contributed by atoms with Crippen LogP contribution in [0.1, 0.15) is 54.4 Å². The molecule has 0 bridgehead atoms. The zero-order chi connectivity index (χ0) is 14.3. The van der Waals surface area contributed by atoms with Gasteiger partial charge in [0.25, 0.3) is 0 Å². The lowest BCUT2D eigenvalue weighted by molar-refractivity contribution is -0.149. The monoisotopic (exact) mass is 257 g/mol. The van der Waals surface area contributed by atoms with Gasteiger partial charge in [-0.05, 0) is 24.7 Å². The van der Waals surface area contributed by atoms with Crippen molar-refractivity contribution in [1.82, 2.24) is 5.32 Å². The molecule has 0 aromatic carbocycles. The Hall–Kier alpha value is -1.06. The Bertz CT molecular complexity index is 279. The molecule has 0 aromatic rings. The van der Waals surface area contributed by atoms with E-state index in [4.69, 9.17) is 4.74 Å². The van der Waals surface area contributed by atoms with Crippen LogP contribution in [0.15, 0.2) is 0 Å². The molecule has 0 radical (unpaired) electrons. The van der Waals surface area contributed by atoms with Crippen molar-refractivity contribution in [2.24, 2.45) is 11.3 Å². The molecule has 0 heterocycles. The van der Waals surface area contributed by atoms with E-state index in [0.717, 1.165) is 6.42 Å². The van der Waals surface area contributed by atoms with Gasteiger partial charge in [-0.15, -0.1) is 0 Å². The fraction of sp³-hybridized carbons (Fsp3) is 0.857. The van der Waals surface area contributed by atoms with Crippen molar-refractivity contribution in [3.63, 3.8) is 0 Å². The SMILES string of the molecule is CC(C)C[C@H](C)OC(=O)CNC(=O)CC(C)(C)C. The molecule has 0 rings (SSSR count). The summed E-state index contributed by atoms with van der Waals surface area (Å²) < 4.78 is 5.19. The number of rotatable bonds is 6. The van der Waals surface area contributed by atoms with E-state index in [0.29, 0.717) is 12.3 Å². The predicted octanol–water partition coefficient (Wildman–Crippen LogP) is 2.52. The fourth-order valence-corrected chi connectivity index (χ4v) is 1.69. The van der Waals surface area contributed by atoms with Crippen molar-refractivity contribution in [1.29, 1.82) is 0 Å². The van der Waals surface area contributed by atoms with Crippen LogP contribution in [0.25, 0.3) is 0 Å². The molecule has 0 unspecified atom stereocenters. The van der Waals surface area contributed by atoms with Crippen LogP contribution in [0, 0.1) is 11.3 Å². The Labute approximate surface area is 110 Å². The summed E-state index contributed by atoms with van der Waals surface area (Å²) in [5.74, 6) is 0.00431. The molecule has 18 heavy (non-hydrogen) atoms. The second-order valence-corrected chi connectivity index (χ2v) is 6.44. The number of hydrogen-bond acceptors (Lipinski definition) is 3. The molecule has 1 atom stereocenters. The highest BCUT2D eigenvalue weighted by molar-refractivity contribution is 5.82. The number of amides is 1. The van der Waals surface area contributed by atoms with Gasteiger partial charge in [0.1, 0.15) is 6.54 Å². The molecule has 106 valence electrons. The molecule has 1 amide bonds. The van der Waals surface area contributed by atoms with Gasteiger partial charge in [-0.2, -0.15) is 0 Å². The van der Waals surface area contributed by atoms with Gasteiger partial charge in [-0.1, -0.05) is 34.6 Å². The van der Waals surface area contributed by atoms with Crippen LogP contribution in [0.4, 0.5) is 0 Å². The van der Waals surface area contributed by atoms with Gasteiger partial charge in [-0.25, -0.2) is 0 Å². The molecule has 4 heteroatoms. The Morgan fingerprint density at radius 2 is 1.72 bits per heavy atom. The first kappa shape index (κ1) is 16.9. The zero-order valence-corrected chi connectivity index (χ0v) is 12.5. The average molecular weight is 257 g/mol. The molecule has 0 aliphatic heterocycles. The third-order valence-electron chi connectivity index (χ3n) is 2.26. The lowest BCUT2D eigenvalue weighted by atomic mass is 9.92. The molecule has 0 aliphatic rings. The van der Waals surface area contributed by atoms with Gasteiger partial charge >= 0.3 is 5.97 Å². The minimum Gasteiger partial charge on any atom is -0.461 e. The second-order valence-electron chi connectivity index (χ2n) is 6.44. The minimum atomic E-state index is -0.370. The minimum absolute atomic E-state index is 0.0443. The van der Waals surface area contributed by atoms with Crippen molar-refractivity contribution < 1.29 is 14.3 Å². The summed E-state index contributed by atoms with van der Waals surface area (Å²) in [7, 11) is 0. The van der Waals surface area contributed by atoms with Crippen molar-refractivity contribution in [2.45, 2.75) is 60.5 Å². The summed E-state index contributed by atoms with van der Waals surface area (Å²) in [6.45, 7) is 11.9. The van der Waals surface area contributed by atoms with E-state index in [2.05, 4.69) is 19.2 Å². The van der Waals surface area contributed by atoms with Crippen LogP contribution in [0.3, 0.4) is 0 Å². The Morgan fingerprint density at radius 3 is 2.17 bits per heavy atom. The Balaban J connectivity index is 3.87. The molecule has 1 N–H and O–H groups in total. The van der Waals surface area contributed by atoms with Gasteiger partial charge in [0.15, 0.2) is 0 Å². The predicted molar refractivity (Wildman–Crippen MR) is 72.1 cm³/mol. The maximum Gasteiger partial charge on any atom is 0.325 e. The van der Waals surface area contributed by atoms with Gasteiger partial charge in [0, 0.05) is 6.42 Å². The molecule has 0 saturated heterocycles. The van der Waals surface area contributed by atoms with Crippen LogP contribution >= 0.6 is 0 Å². The first-order valence-electron chi connectivity index (χ1n) is 6.56. The number of ether oxygens (including phenoxy) is 1. The summed E-state index contributed by atoms with van der Waals surface area (Å²) in [4.78, 5) is 23.0. The first-order chi connectivity index (χ1) is 8.10. The highest BCUT2D eigenvalue weighted by atomic mass is 16.5. The number of carbonyl (C=O) groups is 2. The molecule has 0 aliphatic carbocycles. The van der Waals surface area contributed by atoms with Crippen LogP contribution in [-0.4, -0.2) is 24.5 Å². The molecular weight excluding hydrogens is 230 g/mol. The summed E-state index contributed by atoms with van der Waals surface area (Å²) in [5, 5.41) is 2.58. The highest BCUT2D eigenvalue weighted by Gasteiger charge is 2.17. The van der Waals surface area contributed by atoms with Crippen molar-refractivity contribution in [3.05, 3.63) is 0 Å². The molecule has 0 spiro atoms. The van der Waals surface area contributed by atoms with Gasteiger partial charge in [0.05, 0.1) is 6.10 Å². The van der Waals surface area contributed by atoms with Crippen molar-refractivity contribution >= 4 is 11.9 Å². The smallest absolute Gasteiger partial charge is 0.325 e. The van der Waals surface area contributed by atoms with Gasteiger partial charge in [-0.3, -0.25) is 9.59 Å².